The molecule has 0 nitrogen and oxygen atoms in total. The van der Waals surface area contributed by atoms with Crippen molar-refractivity contribution >= 4 is 0 Å². The maximum absolute atomic E-state index is 2.52. The minimum Gasteiger partial charge on any atom is -0.0651 e. The predicted octanol–water partition coefficient (Wildman–Crippen LogP) is 6.30. The normalized spacial score (nSPS) is 29.5. The van der Waals surface area contributed by atoms with Crippen LogP contribution >= 0.6 is 0 Å². The van der Waals surface area contributed by atoms with E-state index in [1.807, 2.05) is 0 Å². The summed E-state index contributed by atoms with van der Waals surface area (Å²) in [7, 11) is 0. The zero-order valence-corrected chi connectivity index (χ0v) is 13.8. The first kappa shape index (κ1) is 15.4. The van der Waals surface area contributed by atoms with Crippen molar-refractivity contribution in [2.24, 2.45) is 35.5 Å². The lowest BCUT2D eigenvalue weighted by atomic mass is 9.83. The van der Waals surface area contributed by atoms with Crippen LogP contribution in [0.15, 0.2) is 0 Å². The highest BCUT2D eigenvalue weighted by Gasteiger charge is 2.36. The van der Waals surface area contributed by atoms with E-state index in [1.165, 1.54) is 57.8 Å². The summed E-state index contributed by atoms with van der Waals surface area (Å²) in [6.45, 7) is 9.70. The summed E-state index contributed by atoms with van der Waals surface area (Å²) in [5, 5.41) is 0. The van der Waals surface area contributed by atoms with Crippen LogP contribution in [0.25, 0.3) is 0 Å². The number of hydrogen-bond acceptors (Lipinski definition) is 0. The van der Waals surface area contributed by atoms with Crippen molar-refractivity contribution in [1.29, 1.82) is 0 Å². The molecule has 0 amide bonds. The van der Waals surface area contributed by atoms with Crippen molar-refractivity contribution in [3.8, 4) is 0 Å². The summed E-state index contributed by atoms with van der Waals surface area (Å²) < 4.78 is 0. The SMILES string of the molecule is CCC1CC1CC(C)CC(CCC1CC1)CC(C)C. The molecule has 2 aliphatic carbocycles. The first-order valence-corrected chi connectivity index (χ1v) is 9.08. The van der Waals surface area contributed by atoms with E-state index in [1.54, 1.807) is 0 Å². The largest absolute Gasteiger partial charge is 0.0651 e. The third-order valence-electron chi connectivity index (χ3n) is 5.52. The molecule has 0 aromatic rings. The third kappa shape index (κ3) is 5.88. The molecular formula is C19H36. The average molecular weight is 264 g/mol. The Labute approximate surface area is 121 Å². The van der Waals surface area contributed by atoms with E-state index >= 15 is 0 Å². The van der Waals surface area contributed by atoms with Crippen molar-refractivity contribution in [3.63, 3.8) is 0 Å². The molecule has 112 valence electrons. The fourth-order valence-corrected chi connectivity index (χ4v) is 4.16. The Morgan fingerprint density at radius 1 is 1.00 bits per heavy atom. The van der Waals surface area contributed by atoms with Crippen LogP contribution in [0, 0.1) is 35.5 Å². The molecular weight excluding hydrogens is 228 g/mol. The molecule has 0 aliphatic heterocycles. The van der Waals surface area contributed by atoms with E-state index in [0.717, 1.165) is 35.5 Å². The molecule has 0 radical (unpaired) electrons. The van der Waals surface area contributed by atoms with E-state index in [-0.39, 0.29) is 0 Å². The van der Waals surface area contributed by atoms with Gasteiger partial charge in [0.15, 0.2) is 0 Å². The molecule has 4 atom stereocenters. The van der Waals surface area contributed by atoms with Crippen LogP contribution in [0.2, 0.25) is 0 Å². The van der Waals surface area contributed by atoms with Gasteiger partial charge in [0, 0.05) is 0 Å². The van der Waals surface area contributed by atoms with Gasteiger partial charge in [0.05, 0.1) is 0 Å². The first-order chi connectivity index (χ1) is 9.08. The van der Waals surface area contributed by atoms with E-state index in [9.17, 15) is 0 Å². The Morgan fingerprint density at radius 2 is 1.74 bits per heavy atom. The monoisotopic (exact) mass is 264 g/mol. The molecule has 2 aliphatic rings. The van der Waals surface area contributed by atoms with Crippen LogP contribution in [0.1, 0.15) is 85.5 Å². The first-order valence-electron chi connectivity index (χ1n) is 9.08. The molecule has 0 aromatic carbocycles. The molecule has 0 heteroatoms. The van der Waals surface area contributed by atoms with Gasteiger partial charge in [0.1, 0.15) is 0 Å². The summed E-state index contributed by atoms with van der Waals surface area (Å²) in [5.41, 5.74) is 0. The molecule has 0 aromatic heterocycles. The minimum absolute atomic E-state index is 0.890. The maximum Gasteiger partial charge on any atom is -0.0381 e. The topological polar surface area (TPSA) is 0 Å². The van der Waals surface area contributed by atoms with Crippen molar-refractivity contribution in [2.45, 2.75) is 85.5 Å². The number of rotatable bonds is 10. The predicted molar refractivity (Wildman–Crippen MR) is 85.2 cm³/mol. The van der Waals surface area contributed by atoms with Crippen molar-refractivity contribution in [1.82, 2.24) is 0 Å². The second-order valence-electron chi connectivity index (χ2n) is 8.26. The van der Waals surface area contributed by atoms with Gasteiger partial charge in [-0.25, -0.2) is 0 Å². The quantitative estimate of drug-likeness (QED) is 0.434. The Morgan fingerprint density at radius 3 is 2.26 bits per heavy atom. The molecule has 0 N–H and O–H groups in total. The van der Waals surface area contributed by atoms with Crippen molar-refractivity contribution in [3.05, 3.63) is 0 Å². The van der Waals surface area contributed by atoms with Crippen LogP contribution in [0.3, 0.4) is 0 Å². The smallest absolute Gasteiger partial charge is 0.0381 e. The lowest BCUT2D eigenvalue weighted by molar-refractivity contribution is 0.289. The van der Waals surface area contributed by atoms with Gasteiger partial charge in [0.2, 0.25) is 0 Å². The second-order valence-corrected chi connectivity index (χ2v) is 8.26. The molecule has 4 unspecified atom stereocenters. The molecule has 2 fully saturated rings. The van der Waals surface area contributed by atoms with Gasteiger partial charge in [-0.15, -0.1) is 0 Å². The minimum atomic E-state index is 0.890. The van der Waals surface area contributed by atoms with Crippen molar-refractivity contribution in [2.75, 3.05) is 0 Å². The maximum atomic E-state index is 2.52. The van der Waals surface area contributed by atoms with Gasteiger partial charge in [-0.1, -0.05) is 59.8 Å². The van der Waals surface area contributed by atoms with E-state index in [0.29, 0.717) is 0 Å². The zero-order chi connectivity index (χ0) is 13.8. The molecule has 0 saturated heterocycles. The summed E-state index contributed by atoms with van der Waals surface area (Å²) in [4.78, 5) is 0. The van der Waals surface area contributed by atoms with Gasteiger partial charge in [-0.3, -0.25) is 0 Å². The van der Waals surface area contributed by atoms with Crippen LogP contribution < -0.4 is 0 Å². The standard InChI is InChI=1S/C19H36/c1-5-18-13-19(18)12-15(4)11-17(10-14(2)3)9-8-16-6-7-16/h14-19H,5-13H2,1-4H3. The highest BCUT2D eigenvalue weighted by molar-refractivity contribution is 4.86. The molecule has 0 bridgehead atoms. The van der Waals surface area contributed by atoms with Gasteiger partial charge >= 0.3 is 0 Å². The van der Waals surface area contributed by atoms with E-state index in [4.69, 9.17) is 0 Å². The Bertz CT molecular complexity index is 251. The Balaban J connectivity index is 1.67. The van der Waals surface area contributed by atoms with Crippen LogP contribution in [0.5, 0.6) is 0 Å². The number of hydrogen-bond donors (Lipinski definition) is 0. The molecule has 0 heterocycles. The summed E-state index contributed by atoms with van der Waals surface area (Å²) in [6, 6.07) is 0. The summed E-state index contributed by atoms with van der Waals surface area (Å²) in [5.74, 6) is 6.21. The van der Waals surface area contributed by atoms with Gasteiger partial charge < -0.3 is 0 Å². The highest BCUT2D eigenvalue weighted by atomic mass is 14.4. The molecule has 0 spiro atoms. The van der Waals surface area contributed by atoms with Gasteiger partial charge in [0.25, 0.3) is 0 Å². The van der Waals surface area contributed by atoms with Crippen molar-refractivity contribution < 1.29 is 0 Å². The van der Waals surface area contributed by atoms with Crippen LogP contribution in [-0.4, -0.2) is 0 Å². The average Bonchev–Trinajstić information content (AvgIpc) is 3.21. The fourth-order valence-electron chi connectivity index (χ4n) is 4.16. The lowest BCUT2D eigenvalue weighted by Crippen LogP contribution is -2.11. The lowest BCUT2D eigenvalue weighted by Gasteiger charge is -2.23. The molecule has 2 rings (SSSR count). The van der Waals surface area contributed by atoms with Crippen LogP contribution in [0.4, 0.5) is 0 Å². The molecule has 2 saturated carbocycles. The Hall–Kier alpha value is 0. The van der Waals surface area contributed by atoms with Gasteiger partial charge in [-0.05, 0) is 61.2 Å². The van der Waals surface area contributed by atoms with E-state index in [2.05, 4.69) is 27.7 Å². The van der Waals surface area contributed by atoms with Gasteiger partial charge in [-0.2, -0.15) is 0 Å². The van der Waals surface area contributed by atoms with E-state index < -0.39 is 0 Å². The Kier molecular flexibility index (Phi) is 5.78. The summed E-state index contributed by atoms with van der Waals surface area (Å²) >= 11 is 0. The summed E-state index contributed by atoms with van der Waals surface area (Å²) in [6.07, 6.45) is 13.6. The highest BCUT2D eigenvalue weighted by Crippen LogP contribution is 2.46. The van der Waals surface area contributed by atoms with Crippen LogP contribution in [-0.2, 0) is 0 Å². The molecule has 19 heavy (non-hydrogen) atoms. The zero-order valence-electron chi connectivity index (χ0n) is 13.8. The fraction of sp³-hybridized carbons (Fsp3) is 1.00. The second kappa shape index (κ2) is 7.14. The third-order valence-corrected chi connectivity index (χ3v) is 5.52.